The van der Waals surface area contributed by atoms with E-state index < -0.39 is 0 Å². The molecule has 0 bridgehead atoms. The minimum absolute atomic E-state index is 0.283. The van der Waals surface area contributed by atoms with E-state index in [2.05, 4.69) is 31.0 Å². The third-order valence-corrected chi connectivity index (χ3v) is 8.58. The number of hydrogen-bond acceptors (Lipinski definition) is 4. The molecule has 1 aliphatic heterocycles. The third kappa shape index (κ3) is 8.89. The highest BCUT2D eigenvalue weighted by Gasteiger charge is 2.37. The molecule has 3 nitrogen and oxygen atoms in total. The molecule has 0 saturated heterocycles. The first-order chi connectivity index (χ1) is 17.6. The maximum absolute atomic E-state index is 6.36. The number of unbranched alkanes of at least 4 members (excludes halogenated alkanes) is 7. The number of fused-ring (bicyclic) bond motifs is 1. The predicted molar refractivity (Wildman–Crippen MR) is 157 cm³/mol. The van der Waals surface area contributed by atoms with Crippen molar-refractivity contribution < 1.29 is 9.47 Å². The van der Waals surface area contributed by atoms with Gasteiger partial charge in [0.2, 0.25) is 0 Å². The number of ether oxygens (including phenoxy) is 2. The van der Waals surface area contributed by atoms with Crippen molar-refractivity contribution >= 4 is 47.1 Å². The molecule has 0 atom stereocenters. The molecule has 6 heteroatoms. The molecule has 0 saturated carbocycles. The van der Waals surface area contributed by atoms with E-state index in [4.69, 9.17) is 32.7 Å². The minimum Gasteiger partial charge on any atom is -0.494 e. The van der Waals surface area contributed by atoms with Crippen LogP contribution in [0.3, 0.4) is 0 Å². The van der Waals surface area contributed by atoms with Crippen molar-refractivity contribution in [2.45, 2.75) is 101 Å². The summed E-state index contributed by atoms with van der Waals surface area (Å²) in [6.45, 7) is 5.22. The summed E-state index contributed by atoms with van der Waals surface area (Å²) in [6, 6.07) is 12.1. The van der Waals surface area contributed by atoms with Gasteiger partial charge in [0.05, 0.1) is 22.3 Å². The Hall–Kier alpha value is -1.36. The Balaban J connectivity index is 1.56. The van der Waals surface area contributed by atoms with Crippen LogP contribution in [-0.2, 0) is 10.3 Å². The SMILES string of the molecule is CCCCCCC1(CCCCCC)OC=Nc2ccc(OCCCCSc3ccc(Cl)c(Cl)c3)cc21. The molecule has 2 aromatic rings. The van der Waals surface area contributed by atoms with E-state index >= 15 is 0 Å². The molecule has 2 aromatic carbocycles. The van der Waals surface area contributed by atoms with Gasteiger partial charge in [-0.2, -0.15) is 0 Å². The van der Waals surface area contributed by atoms with Crippen molar-refractivity contribution in [2.24, 2.45) is 4.99 Å². The second-order valence-electron chi connectivity index (χ2n) is 9.63. The number of thioether (sulfide) groups is 1. The van der Waals surface area contributed by atoms with Crippen LogP contribution in [0, 0.1) is 0 Å². The molecule has 36 heavy (non-hydrogen) atoms. The zero-order valence-electron chi connectivity index (χ0n) is 21.9. The normalized spacial score (nSPS) is 13.9. The van der Waals surface area contributed by atoms with Gasteiger partial charge in [0.1, 0.15) is 11.4 Å². The van der Waals surface area contributed by atoms with Crippen LogP contribution in [-0.4, -0.2) is 18.8 Å². The van der Waals surface area contributed by atoms with Gasteiger partial charge < -0.3 is 9.47 Å². The van der Waals surface area contributed by atoms with Crippen LogP contribution >= 0.6 is 35.0 Å². The Morgan fingerprint density at radius 2 is 1.58 bits per heavy atom. The lowest BCUT2D eigenvalue weighted by Gasteiger charge is -2.37. The van der Waals surface area contributed by atoms with Crippen molar-refractivity contribution in [2.75, 3.05) is 12.4 Å². The molecule has 0 amide bonds. The van der Waals surface area contributed by atoms with Gasteiger partial charge in [0.15, 0.2) is 6.40 Å². The van der Waals surface area contributed by atoms with Crippen LogP contribution in [0.1, 0.15) is 96.5 Å². The Morgan fingerprint density at radius 1 is 0.833 bits per heavy atom. The Kier molecular flexibility index (Phi) is 12.8. The van der Waals surface area contributed by atoms with E-state index in [-0.39, 0.29) is 5.60 Å². The smallest absolute Gasteiger partial charge is 0.175 e. The van der Waals surface area contributed by atoms with Crippen LogP contribution in [0.25, 0.3) is 0 Å². The van der Waals surface area contributed by atoms with Gasteiger partial charge in [-0.25, -0.2) is 4.99 Å². The van der Waals surface area contributed by atoms with Crippen molar-refractivity contribution in [3.8, 4) is 5.75 Å². The summed E-state index contributed by atoms with van der Waals surface area (Å²) >= 11 is 13.9. The fraction of sp³-hybridized carbons (Fsp3) is 0.567. The van der Waals surface area contributed by atoms with Gasteiger partial charge in [-0.1, -0.05) is 75.6 Å². The van der Waals surface area contributed by atoms with Gasteiger partial charge >= 0.3 is 0 Å². The summed E-state index contributed by atoms with van der Waals surface area (Å²) in [5.41, 5.74) is 1.94. The van der Waals surface area contributed by atoms with Crippen molar-refractivity contribution in [1.82, 2.24) is 0 Å². The van der Waals surface area contributed by atoms with E-state index in [9.17, 15) is 0 Å². The number of hydrogen-bond donors (Lipinski definition) is 0. The van der Waals surface area contributed by atoms with Crippen LogP contribution in [0.5, 0.6) is 5.75 Å². The second kappa shape index (κ2) is 15.8. The summed E-state index contributed by atoms with van der Waals surface area (Å²) in [5, 5.41) is 1.21. The lowest BCUT2D eigenvalue weighted by Crippen LogP contribution is -2.31. The van der Waals surface area contributed by atoms with E-state index in [1.807, 2.05) is 24.3 Å². The van der Waals surface area contributed by atoms with E-state index in [0.29, 0.717) is 16.7 Å². The van der Waals surface area contributed by atoms with Crippen molar-refractivity contribution in [1.29, 1.82) is 0 Å². The van der Waals surface area contributed by atoms with Crippen LogP contribution in [0.15, 0.2) is 46.3 Å². The summed E-state index contributed by atoms with van der Waals surface area (Å²) in [5.74, 6) is 1.94. The molecule has 0 unspecified atom stereocenters. The van der Waals surface area contributed by atoms with Gasteiger partial charge in [0.25, 0.3) is 0 Å². The van der Waals surface area contributed by atoms with Gasteiger partial charge in [0, 0.05) is 10.5 Å². The fourth-order valence-electron chi connectivity index (χ4n) is 4.67. The topological polar surface area (TPSA) is 30.8 Å². The molecule has 0 fully saturated rings. The monoisotopic (exact) mass is 549 g/mol. The average Bonchev–Trinajstić information content (AvgIpc) is 2.89. The molecule has 0 aliphatic carbocycles. The van der Waals surface area contributed by atoms with E-state index in [0.717, 1.165) is 47.8 Å². The quantitative estimate of drug-likeness (QED) is 0.145. The first kappa shape index (κ1) is 29.2. The van der Waals surface area contributed by atoms with Crippen molar-refractivity contribution in [3.05, 3.63) is 52.0 Å². The Morgan fingerprint density at radius 3 is 2.28 bits per heavy atom. The zero-order valence-corrected chi connectivity index (χ0v) is 24.2. The molecule has 0 N–H and O–H groups in total. The molecule has 0 aromatic heterocycles. The molecule has 3 rings (SSSR count). The lowest BCUT2D eigenvalue weighted by atomic mass is 9.81. The maximum Gasteiger partial charge on any atom is 0.175 e. The summed E-state index contributed by atoms with van der Waals surface area (Å²) in [4.78, 5) is 5.70. The fourth-order valence-corrected chi connectivity index (χ4v) is 5.98. The van der Waals surface area contributed by atoms with Crippen LogP contribution in [0.4, 0.5) is 5.69 Å². The van der Waals surface area contributed by atoms with Gasteiger partial charge in [-0.15, -0.1) is 11.8 Å². The molecule has 198 valence electrons. The number of halogens is 2. The first-order valence-electron chi connectivity index (χ1n) is 13.6. The second-order valence-corrected chi connectivity index (χ2v) is 11.6. The highest BCUT2D eigenvalue weighted by atomic mass is 35.5. The van der Waals surface area contributed by atoms with Crippen molar-refractivity contribution in [3.63, 3.8) is 0 Å². The zero-order chi connectivity index (χ0) is 25.6. The summed E-state index contributed by atoms with van der Waals surface area (Å²) < 4.78 is 12.5. The number of aliphatic imine (C=N–C) groups is 1. The predicted octanol–water partition coefficient (Wildman–Crippen LogP) is 10.8. The van der Waals surface area contributed by atoms with Crippen LogP contribution in [0.2, 0.25) is 10.0 Å². The lowest BCUT2D eigenvalue weighted by molar-refractivity contribution is 0.0326. The molecule has 1 aliphatic rings. The Labute approximate surface area is 232 Å². The molecule has 0 spiro atoms. The molecule has 0 radical (unpaired) electrons. The average molecular weight is 551 g/mol. The first-order valence-corrected chi connectivity index (χ1v) is 15.4. The largest absolute Gasteiger partial charge is 0.494 e. The van der Waals surface area contributed by atoms with E-state index in [1.54, 1.807) is 18.2 Å². The third-order valence-electron chi connectivity index (χ3n) is 6.76. The minimum atomic E-state index is -0.283. The Bertz CT molecular complexity index is 954. The highest BCUT2D eigenvalue weighted by Crippen LogP contribution is 2.45. The van der Waals surface area contributed by atoms with Crippen LogP contribution < -0.4 is 4.74 Å². The number of benzene rings is 2. The highest BCUT2D eigenvalue weighted by molar-refractivity contribution is 7.99. The van der Waals surface area contributed by atoms with Gasteiger partial charge in [-0.05, 0) is 80.7 Å². The maximum atomic E-state index is 6.36. The number of nitrogens with zero attached hydrogens (tertiary/aromatic N) is 1. The standard InChI is InChI=1S/C30H41Cl2NO2S/c1-3-5-7-9-17-30(18-10-8-6-4-2)26-21-24(13-16-29(26)33-23-35-30)34-19-11-12-20-36-25-14-15-27(31)28(32)22-25/h13-16,21-23H,3-12,17-20H2,1-2H3. The summed E-state index contributed by atoms with van der Waals surface area (Å²) in [6.07, 6.45) is 15.7. The molecular weight excluding hydrogens is 509 g/mol. The molecule has 1 heterocycles. The molecular formula is C30H41Cl2NO2S. The number of rotatable bonds is 17. The van der Waals surface area contributed by atoms with E-state index in [1.165, 1.54) is 56.9 Å². The summed E-state index contributed by atoms with van der Waals surface area (Å²) in [7, 11) is 0. The van der Waals surface area contributed by atoms with Gasteiger partial charge in [-0.3, -0.25) is 0 Å².